The van der Waals surface area contributed by atoms with Crippen molar-refractivity contribution in [3.05, 3.63) is 30.5 Å². The van der Waals surface area contributed by atoms with Gasteiger partial charge in [0.25, 0.3) is 0 Å². The molecule has 3 heterocycles. The van der Waals surface area contributed by atoms with Crippen molar-refractivity contribution in [2.75, 3.05) is 13.1 Å². The van der Waals surface area contributed by atoms with Gasteiger partial charge in [0.1, 0.15) is 0 Å². The van der Waals surface area contributed by atoms with E-state index in [1.54, 1.807) is 18.6 Å². The smallest absolute Gasteiger partial charge is 0.224 e. The maximum atomic E-state index is 12.0. The van der Waals surface area contributed by atoms with E-state index in [9.17, 15) is 4.79 Å². The number of nitrogens with zero attached hydrogens (tertiary/aromatic N) is 3. The van der Waals surface area contributed by atoms with Crippen LogP contribution in [0.2, 0.25) is 0 Å². The van der Waals surface area contributed by atoms with E-state index >= 15 is 0 Å². The van der Waals surface area contributed by atoms with E-state index < -0.39 is 0 Å². The first-order valence-electron chi connectivity index (χ1n) is 6.59. The largest absolute Gasteiger partial charge is 0.350 e. The zero-order valence-corrected chi connectivity index (χ0v) is 10.7. The van der Waals surface area contributed by atoms with Gasteiger partial charge in [-0.1, -0.05) is 0 Å². The molecule has 0 unspecified atom stereocenters. The summed E-state index contributed by atoms with van der Waals surface area (Å²) in [6.45, 7) is 2.30. The lowest BCUT2D eigenvalue weighted by atomic mass is 9.99. The highest BCUT2D eigenvalue weighted by molar-refractivity contribution is 5.78. The number of rotatable bonds is 3. The fourth-order valence-corrected chi connectivity index (χ4v) is 2.42. The molecule has 1 atom stereocenters. The first-order valence-corrected chi connectivity index (χ1v) is 6.59. The molecule has 1 aliphatic rings. The highest BCUT2D eigenvalue weighted by atomic mass is 16.1. The number of nitrogens with one attached hydrogen (secondary N) is 2. The molecule has 0 aromatic carbocycles. The van der Waals surface area contributed by atoms with Crippen LogP contribution in [0.1, 0.15) is 18.5 Å². The Morgan fingerprint density at radius 3 is 3.32 bits per heavy atom. The summed E-state index contributed by atoms with van der Waals surface area (Å²) < 4.78 is 1.94. The van der Waals surface area contributed by atoms with E-state index in [-0.39, 0.29) is 11.8 Å². The van der Waals surface area contributed by atoms with Crippen LogP contribution < -0.4 is 10.6 Å². The van der Waals surface area contributed by atoms with Gasteiger partial charge in [0.05, 0.1) is 30.6 Å². The normalized spacial score (nSPS) is 19.5. The Morgan fingerprint density at radius 1 is 1.53 bits per heavy atom. The summed E-state index contributed by atoms with van der Waals surface area (Å²) in [5, 5.41) is 6.24. The van der Waals surface area contributed by atoms with Gasteiger partial charge in [-0.15, -0.1) is 0 Å². The molecule has 0 spiro atoms. The second-order valence-electron chi connectivity index (χ2n) is 4.82. The maximum Gasteiger partial charge on any atom is 0.224 e. The third kappa shape index (κ3) is 2.58. The lowest BCUT2D eigenvalue weighted by Gasteiger charge is -2.21. The minimum absolute atomic E-state index is 0.0922. The Morgan fingerprint density at radius 2 is 2.47 bits per heavy atom. The average Bonchev–Trinajstić information content (AvgIpc) is 2.89. The summed E-state index contributed by atoms with van der Waals surface area (Å²) in [4.78, 5) is 20.3. The summed E-state index contributed by atoms with van der Waals surface area (Å²) in [6, 6.07) is 0. The molecule has 0 radical (unpaired) electrons. The Labute approximate surface area is 111 Å². The minimum Gasteiger partial charge on any atom is -0.350 e. The van der Waals surface area contributed by atoms with Gasteiger partial charge in [-0.05, 0) is 19.4 Å². The van der Waals surface area contributed by atoms with Crippen LogP contribution in [-0.4, -0.2) is 33.4 Å². The molecule has 6 heteroatoms. The van der Waals surface area contributed by atoms with Gasteiger partial charge >= 0.3 is 0 Å². The molecular weight excluding hydrogens is 242 g/mol. The van der Waals surface area contributed by atoms with Gasteiger partial charge < -0.3 is 10.6 Å². The maximum absolute atomic E-state index is 12.0. The van der Waals surface area contributed by atoms with E-state index in [0.717, 1.165) is 37.3 Å². The van der Waals surface area contributed by atoms with Gasteiger partial charge in [0.15, 0.2) is 5.65 Å². The quantitative estimate of drug-likeness (QED) is 0.834. The first kappa shape index (κ1) is 12.1. The second kappa shape index (κ2) is 5.36. The number of hydrogen-bond acceptors (Lipinski definition) is 4. The molecule has 2 aromatic rings. The van der Waals surface area contributed by atoms with Gasteiger partial charge in [0.2, 0.25) is 5.91 Å². The van der Waals surface area contributed by atoms with Crippen molar-refractivity contribution in [1.29, 1.82) is 0 Å². The predicted octanol–water partition coefficient (Wildman–Crippen LogP) is 0.345. The van der Waals surface area contributed by atoms with Crippen molar-refractivity contribution in [2.45, 2.75) is 19.4 Å². The van der Waals surface area contributed by atoms with Crippen LogP contribution in [0.3, 0.4) is 0 Å². The van der Waals surface area contributed by atoms with Crippen molar-refractivity contribution in [1.82, 2.24) is 25.0 Å². The summed E-state index contributed by atoms with van der Waals surface area (Å²) in [7, 11) is 0. The number of carbonyl (C=O) groups excluding carboxylic acids is 1. The number of aromatic nitrogens is 3. The fourth-order valence-electron chi connectivity index (χ4n) is 2.42. The lowest BCUT2D eigenvalue weighted by Crippen LogP contribution is -2.40. The van der Waals surface area contributed by atoms with E-state index in [1.165, 1.54) is 0 Å². The second-order valence-corrected chi connectivity index (χ2v) is 4.82. The lowest BCUT2D eigenvalue weighted by molar-refractivity contribution is -0.125. The highest BCUT2D eigenvalue weighted by Gasteiger charge is 2.20. The van der Waals surface area contributed by atoms with Crippen LogP contribution in [-0.2, 0) is 11.3 Å². The average molecular weight is 259 g/mol. The molecule has 2 N–H and O–H groups in total. The van der Waals surface area contributed by atoms with Crippen LogP contribution in [0, 0.1) is 5.92 Å². The highest BCUT2D eigenvalue weighted by Crippen LogP contribution is 2.10. The number of carbonyl (C=O) groups is 1. The van der Waals surface area contributed by atoms with Crippen molar-refractivity contribution < 1.29 is 4.79 Å². The Balaban J connectivity index is 1.64. The molecule has 1 amide bonds. The Hall–Kier alpha value is -1.95. The summed E-state index contributed by atoms with van der Waals surface area (Å²) >= 11 is 0. The number of imidazole rings is 1. The molecule has 19 heavy (non-hydrogen) atoms. The molecule has 2 aromatic heterocycles. The summed E-state index contributed by atoms with van der Waals surface area (Å²) in [5.74, 6) is 0.214. The van der Waals surface area contributed by atoms with Crippen LogP contribution in [0.5, 0.6) is 0 Å². The van der Waals surface area contributed by atoms with E-state index in [1.807, 2.05) is 10.6 Å². The van der Waals surface area contributed by atoms with E-state index in [4.69, 9.17) is 0 Å². The SMILES string of the molecule is O=C(NCc1cnc2cnccn12)[C@H]1CCCNC1. The van der Waals surface area contributed by atoms with Crippen LogP contribution in [0.25, 0.3) is 5.65 Å². The van der Waals surface area contributed by atoms with Crippen molar-refractivity contribution in [3.8, 4) is 0 Å². The minimum atomic E-state index is 0.0922. The Bertz CT molecular complexity index is 573. The molecule has 1 saturated heterocycles. The fraction of sp³-hybridized carbons (Fsp3) is 0.462. The molecular formula is C13H17N5O. The molecule has 0 bridgehead atoms. The standard InChI is InChI=1S/C13H17N5O/c19-13(10-2-1-3-14-6-10)17-8-11-7-16-12-9-15-4-5-18(11)12/h4-5,7,9-10,14H,1-3,6,8H2,(H,17,19)/t10-/m0/s1. The third-order valence-corrected chi connectivity index (χ3v) is 3.51. The molecule has 100 valence electrons. The van der Waals surface area contributed by atoms with Gasteiger partial charge in [-0.2, -0.15) is 0 Å². The molecule has 1 aliphatic heterocycles. The van der Waals surface area contributed by atoms with E-state index in [2.05, 4.69) is 20.6 Å². The van der Waals surface area contributed by atoms with Gasteiger partial charge in [-0.3, -0.25) is 14.2 Å². The molecule has 1 fully saturated rings. The number of hydrogen-bond donors (Lipinski definition) is 2. The third-order valence-electron chi connectivity index (χ3n) is 3.51. The number of piperidine rings is 1. The number of fused-ring (bicyclic) bond motifs is 1. The van der Waals surface area contributed by atoms with Crippen LogP contribution in [0.4, 0.5) is 0 Å². The van der Waals surface area contributed by atoms with Crippen LogP contribution in [0.15, 0.2) is 24.8 Å². The van der Waals surface area contributed by atoms with Crippen molar-refractivity contribution in [2.24, 2.45) is 5.92 Å². The molecule has 0 aliphatic carbocycles. The van der Waals surface area contributed by atoms with Crippen LogP contribution >= 0.6 is 0 Å². The zero-order chi connectivity index (χ0) is 13.1. The predicted molar refractivity (Wildman–Crippen MR) is 70.4 cm³/mol. The zero-order valence-electron chi connectivity index (χ0n) is 10.7. The van der Waals surface area contributed by atoms with E-state index in [0.29, 0.717) is 6.54 Å². The molecule has 3 rings (SSSR count). The topological polar surface area (TPSA) is 71.3 Å². The Kier molecular flexibility index (Phi) is 3.41. The molecule has 0 saturated carbocycles. The first-order chi connectivity index (χ1) is 9.34. The monoisotopic (exact) mass is 259 g/mol. The van der Waals surface area contributed by atoms with Crippen molar-refractivity contribution >= 4 is 11.6 Å². The summed E-state index contributed by atoms with van der Waals surface area (Å²) in [6.07, 6.45) is 9.08. The van der Waals surface area contributed by atoms with Crippen molar-refractivity contribution in [3.63, 3.8) is 0 Å². The summed E-state index contributed by atoms with van der Waals surface area (Å²) in [5.41, 5.74) is 1.76. The van der Waals surface area contributed by atoms with Gasteiger partial charge in [-0.25, -0.2) is 4.98 Å². The number of amides is 1. The van der Waals surface area contributed by atoms with Gasteiger partial charge in [0, 0.05) is 18.9 Å². The molecule has 6 nitrogen and oxygen atoms in total.